The van der Waals surface area contributed by atoms with E-state index < -0.39 is 5.91 Å². The Kier molecular flexibility index (Phi) is 1.44. The van der Waals surface area contributed by atoms with Crippen molar-refractivity contribution in [3.8, 4) is 0 Å². The average Bonchev–Trinajstić information content (AvgIpc) is 1.90. The van der Waals surface area contributed by atoms with Crippen LogP contribution in [0.5, 0.6) is 0 Å². The fraction of sp³-hybridized carbons (Fsp3) is 0. The van der Waals surface area contributed by atoms with Crippen LogP contribution in [0.2, 0.25) is 0 Å². The molecule has 0 fully saturated rings. The van der Waals surface area contributed by atoms with Crippen molar-refractivity contribution in [2.24, 2.45) is 5.73 Å². The molecule has 0 bridgehead atoms. The van der Waals surface area contributed by atoms with Crippen LogP contribution in [0.15, 0.2) is 18.5 Å². The van der Waals surface area contributed by atoms with Crippen molar-refractivity contribution in [1.29, 1.82) is 0 Å². The van der Waals surface area contributed by atoms with E-state index in [9.17, 15) is 4.79 Å². The van der Waals surface area contributed by atoms with Gasteiger partial charge < -0.3 is 5.73 Å². The number of nitrogens with two attached hydrogens (primary N) is 1. The van der Waals surface area contributed by atoms with E-state index in [1.807, 2.05) is 0 Å². The van der Waals surface area contributed by atoms with E-state index in [0.717, 1.165) is 0 Å². The van der Waals surface area contributed by atoms with E-state index >= 15 is 0 Å². The molecule has 1 aromatic heterocycles. The molecule has 0 aliphatic carbocycles. The topological polar surface area (TPSA) is 56.0 Å². The molecular weight excluding hydrogens is 116 g/mol. The van der Waals surface area contributed by atoms with Crippen LogP contribution in [-0.2, 0) is 0 Å². The third-order valence-electron chi connectivity index (χ3n) is 0.869. The normalized spacial score (nSPS) is 8.89. The lowest BCUT2D eigenvalue weighted by atomic mass is 10.3. The lowest BCUT2D eigenvalue weighted by Gasteiger charge is -1.88. The molecule has 0 spiro atoms. The van der Waals surface area contributed by atoms with Crippen LogP contribution in [0.25, 0.3) is 0 Å². The Balaban J connectivity index is 2.98. The van der Waals surface area contributed by atoms with Gasteiger partial charge >= 0.3 is 0 Å². The van der Waals surface area contributed by atoms with E-state index in [2.05, 4.69) is 11.1 Å². The molecule has 0 aliphatic rings. The molecule has 45 valence electrons. The van der Waals surface area contributed by atoms with E-state index in [0.29, 0.717) is 5.56 Å². The highest BCUT2D eigenvalue weighted by Gasteiger charge is 1.95. The van der Waals surface area contributed by atoms with Crippen LogP contribution in [0.1, 0.15) is 10.4 Å². The molecule has 1 aromatic rings. The fourth-order valence-electron chi connectivity index (χ4n) is 0.460. The van der Waals surface area contributed by atoms with Gasteiger partial charge in [0.15, 0.2) is 0 Å². The van der Waals surface area contributed by atoms with Crippen LogP contribution < -0.4 is 5.73 Å². The second-order valence-corrected chi connectivity index (χ2v) is 1.52. The molecule has 1 heterocycles. The van der Waals surface area contributed by atoms with Crippen molar-refractivity contribution >= 4 is 5.91 Å². The summed E-state index contributed by atoms with van der Waals surface area (Å²) in [5.41, 5.74) is 5.22. The molecule has 3 heteroatoms. The summed E-state index contributed by atoms with van der Waals surface area (Å²) < 4.78 is 0. The summed E-state index contributed by atoms with van der Waals surface area (Å²) in [6, 6.07) is 4.17. The van der Waals surface area contributed by atoms with Crippen molar-refractivity contribution in [3.63, 3.8) is 0 Å². The van der Waals surface area contributed by atoms with Gasteiger partial charge in [-0.2, -0.15) is 0 Å². The smallest absolute Gasteiger partial charge is 0.250 e. The second kappa shape index (κ2) is 2.26. The Hall–Kier alpha value is -1.38. The minimum absolute atomic E-state index is 0.317. The lowest BCUT2D eigenvalue weighted by molar-refractivity contribution is 0.0999. The third-order valence-corrected chi connectivity index (χ3v) is 0.869. The number of carbonyl (C=O) groups is 1. The van der Waals surface area contributed by atoms with E-state index in [1.165, 1.54) is 12.4 Å². The SMILES string of the molecule is NC(=O)c1[c]ccnc1. The van der Waals surface area contributed by atoms with Gasteiger partial charge in [0.2, 0.25) is 0 Å². The van der Waals surface area contributed by atoms with Crippen LogP contribution in [0, 0.1) is 6.07 Å². The summed E-state index contributed by atoms with van der Waals surface area (Å²) in [6.45, 7) is 0. The Morgan fingerprint density at radius 3 is 2.89 bits per heavy atom. The average molecular weight is 121 g/mol. The van der Waals surface area contributed by atoms with Crippen LogP contribution in [0.4, 0.5) is 0 Å². The number of aromatic nitrogens is 1. The quantitative estimate of drug-likeness (QED) is 0.567. The standard InChI is InChI=1S/C6H5N2O/c7-6(9)5-2-1-3-8-4-5/h1,3-4H,(H2,7,9). The zero-order chi connectivity index (χ0) is 6.69. The number of amides is 1. The first-order chi connectivity index (χ1) is 4.30. The number of nitrogens with zero attached hydrogens (tertiary/aromatic N) is 1. The minimum atomic E-state index is -0.497. The molecule has 0 aliphatic heterocycles. The number of hydrogen-bond acceptors (Lipinski definition) is 2. The zero-order valence-corrected chi connectivity index (χ0v) is 4.66. The molecule has 1 radical (unpaired) electrons. The zero-order valence-electron chi connectivity index (χ0n) is 4.66. The Labute approximate surface area is 52.5 Å². The monoisotopic (exact) mass is 121 g/mol. The maximum Gasteiger partial charge on any atom is 0.250 e. The van der Waals surface area contributed by atoms with Gasteiger partial charge in [-0.1, -0.05) is 0 Å². The van der Waals surface area contributed by atoms with E-state index in [-0.39, 0.29) is 0 Å². The highest BCUT2D eigenvalue weighted by atomic mass is 16.1. The van der Waals surface area contributed by atoms with Gasteiger partial charge in [-0.05, 0) is 12.1 Å². The van der Waals surface area contributed by atoms with Gasteiger partial charge in [0.1, 0.15) is 0 Å². The number of rotatable bonds is 1. The Morgan fingerprint density at radius 2 is 2.56 bits per heavy atom. The fourth-order valence-corrected chi connectivity index (χ4v) is 0.460. The molecule has 0 unspecified atom stereocenters. The summed E-state index contributed by atoms with van der Waals surface area (Å²) in [5.74, 6) is -0.497. The maximum atomic E-state index is 10.4. The van der Waals surface area contributed by atoms with Gasteiger partial charge in [-0.3, -0.25) is 9.78 Å². The Morgan fingerprint density at radius 1 is 1.78 bits per heavy atom. The van der Waals surface area contributed by atoms with E-state index in [4.69, 9.17) is 5.73 Å². The van der Waals surface area contributed by atoms with Gasteiger partial charge in [0, 0.05) is 12.4 Å². The first-order valence-electron chi connectivity index (χ1n) is 2.42. The summed E-state index contributed by atoms with van der Waals surface area (Å²) in [4.78, 5) is 14.0. The first-order valence-corrected chi connectivity index (χ1v) is 2.42. The summed E-state index contributed by atoms with van der Waals surface area (Å²) in [7, 11) is 0. The van der Waals surface area contributed by atoms with Gasteiger partial charge in [0.25, 0.3) is 5.91 Å². The van der Waals surface area contributed by atoms with Crippen LogP contribution >= 0.6 is 0 Å². The first kappa shape index (κ1) is 5.75. The third kappa shape index (κ3) is 1.25. The predicted molar refractivity (Wildman–Crippen MR) is 31.6 cm³/mol. The molecule has 3 nitrogen and oxygen atoms in total. The molecule has 9 heavy (non-hydrogen) atoms. The molecule has 1 rings (SSSR count). The van der Waals surface area contributed by atoms with Crippen molar-refractivity contribution < 1.29 is 4.79 Å². The highest BCUT2D eigenvalue weighted by Crippen LogP contribution is 1.90. The maximum absolute atomic E-state index is 10.4. The Bertz CT molecular complexity index is 208. The van der Waals surface area contributed by atoms with Gasteiger partial charge in [0.05, 0.1) is 5.56 Å². The van der Waals surface area contributed by atoms with Gasteiger partial charge in [-0.15, -0.1) is 0 Å². The number of carbonyl (C=O) groups excluding carboxylic acids is 1. The second-order valence-electron chi connectivity index (χ2n) is 1.52. The number of pyridine rings is 1. The van der Waals surface area contributed by atoms with Crippen molar-refractivity contribution in [2.75, 3.05) is 0 Å². The largest absolute Gasteiger partial charge is 0.366 e. The summed E-state index contributed by atoms with van der Waals surface area (Å²) >= 11 is 0. The molecule has 0 aromatic carbocycles. The highest BCUT2D eigenvalue weighted by molar-refractivity contribution is 5.91. The number of hydrogen-bond donors (Lipinski definition) is 1. The van der Waals surface area contributed by atoms with Crippen molar-refractivity contribution in [3.05, 3.63) is 30.1 Å². The molecule has 0 saturated heterocycles. The van der Waals surface area contributed by atoms with Crippen LogP contribution in [-0.4, -0.2) is 10.9 Å². The number of primary amides is 1. The molecule has 1 amide bonds. The van der Waals surface area contributed by atoms with Crippen LogP contribution in [0.3, 0.4) is 0 Å². The van der Waals surface area contributed by atoms with Gasteiger partial charge in [-0.25, -0.2) is 0 Å². The molecule has 0 atom stereocenters. The predicted octanol–water partition coefficient (Wildman–Crippen LogP) is -0.0193. The molecular formula is C6H5N2O. The minimum Gasteiger partial charge on any atom is -0.366 e. The van der Waals surface area contributed by atoms with E-state index in [1.54, 1.807) is 6.07 Å². The van der Waals surface area contributed by atoms with Crippen molar-refractivity contribution in [2.45, 2.75) is 0 Å². The summed E-state index contributed by atoms with van der Waals surface area (Å²) in [6.07, 6.45) is 2.91. The molecule has 2 N–H and O–H groups in total. The molecule has 0 saturated carbocycles. The summed E-state index contributed by atoms with van der Waals surface area (Å²) in [5, 5.41) is 0. The lowest BCUT2D eigenvalue weighted by Crippen LogP contribution is -2.10. The van der Waals surface area contributed by atoms with Crippen molar-refractivity contribution in [1.82, 2.24) is 4.98 Å².